The zero-order valence-electron chi connectivity index (χ0n) is 20.8. The van der Waals surface area contributed by atoms with E-state index in [1.165, 1.54) is 11.3 Å². The van der Waals surface area contributed by atoms with Gasteiger partial charge < -0.3 is 9.47 Å². The van der Waals surface area contributed by atoms with E-state index < -0.39 is 0 Å². The molecule has 8 heteroatoms. The van der Waals surface area contributed by atoms with Gasteiger partial charge >= 0.3 is 0 Å². The number of ketones is 1. The normalized spacial score (nSPS) is 14.0. The fourth-order valence-corrected chi connectivity index (χ4v) is 5.35. The Morgan fingerprint density at radius 2 is 1.68 bits per heavy atom. The third-order valence-corrected chi connectivity index (χ3v) is 7.51. The summed E-state index contributed by atoms with van der Waals surface area (Å²) in [6, 6.07) is 21.8. The van der Waals surface area contributed by atoms with Gasteiger partial charge in [0.05, 0.1) is 30.5 Å². The molecule has 190 valence electrons. The number of morpholine rings is 1. The summed E-state index contributed by atoms with van der Waals surface area (Å²) in [5, 5.41) is 0.652. The Hall–Kier alpha value is -3.59. The van der Waals surface area contributed by atoms with Crippen LogP contribution in [0.15, 0.2) is 72.8 Å². The number of rotatable bonds is 9. The molecule has 1 amide bonds. The van der Waals surface area contributed by atoms with E-state index in [2.05, 4.69) is 4.90 Å². The molecule has 1 fully saturated rings. The van der Waals surface area contributed by atoms with Gasteiger partial charge in [-0.15, -0.1) is 0 Å². The zero-order valence-corrected chi connectivity index (χ0v) is 21.6. The number of aromatic nitrogens is 1. The first kappa shape index (κ1) is 25.1. The summed E-state index contributed by atoms with van der Waals surface area (Å²) >= 11 is 1.49. The van der Waals surface area contributed by atoms with Crippen LogP contribution in [-0.2, 0) is 4.74 Å². The van der Waals surface area contributed by atoms with Crippen LogP contribution < -0.4 is 9.64 Å². The highest BCUT2D eigenvalue weighted by Crippen LogP contribution is 2.32. The van der Waals surface area contributed by atoms with E-state index in [4.69, 9.17) is 14.5 Å². The maximum absolute atomic E-state index is 13.7. The minimum Gasteiger partial charge on any atom is -0.497 e. The fraction of sp³-hybridized carbons (Fsp3) is 0.276. The van der Waals surface area contributed by atoms with Crippen molar-refractivity contribution in [2.75, 3.05) is 51.4 Å². The Kier molecular flexibility index (Phi) is 7.89. The zero-order chi connectivity index (χ0) is 25.6. The number of fused-ring (bicyclic) bond motifs is 1. The highest BCUT2D eigenvalue weighted by molar-refractivity contribution is 7.22. The van der Waals surface area contributed by atoms with Gasteiger partial charge in [0, 0.05) is 48.9 Å². The molecular formula is C29H29N3O4S. The minimum atomic E-state index is -0.133. The van der Waals surface area contributed by atoms with E-state index in [9.17, 15) is 9.59 Å². The molecule has 0 bridgehead atoms. The van der Waals surface area contributed by atoms with Gasteiger partial charge in [-0.25, -0.2) is 4.98 Å². The van der Waals surface area contributed by atoms with Gasteiger partial charge in [0.2, 0.25) is 0 Å². The van der Waals surface area contributed by atoms with Gasteiger partial charge in [-0.1, -0.05) is 53.8 Å². The Bertz CT molecular complexity index is 1370. The minimum absolute atomic E-state index is 0.0675. The summed E-state index contributed by atoms with van der Waals surface area (Å²) in [5.74, 6) is 0.530. The Labute approximate surface area is 220 Å². The lowest BCUT2D eigenvalue weighted by Crippen LogP contribution is -2.39. The van der Waals surface area contributed by atoms with Crippen LogP contribution in [0, 0.1) is 0 Å². The number of anilines is 1. The lowest BCUT2D eigenvalue weighted by Gasteiger charge is -2.27. The molecule has 0 saturated carbocycles. The van der Waals surface area contributed by atoms with E-state index in [0.717, 1.165) is 55.2 Å². The van der Waals surface area contributed by atoms with Crippen LogP contribution in [0.4, 0.5) is 5.13 Å². The van der Waals surface area contributed by atoms with Crippen LogP contribution in [0.2, 0.25) is 0 Å². The molecule has 2 heterocycles. The standard InChI is InChI=1S/C29H29N3O4S/c1-35-24-12-13-26-25(20-24)30-29(37-26)32(15-5-14-31-16-18-36-19-17-31)28(34)23-10-8-22(9-11-23)27(33)21-6-3-2-4-7-21/h2-4,6-13,20H,5,14-19H2,1H3. The Morgan fingerprint density at radius 1 is 0.973 bits per heavy atom. The van der Waals surface area contributed by atoms with Crippen LogP contribution in [0.3, 0.4) is 0 Å². The first-order chi connectivity index (χ1) is 18.1. The number of amides is 1. The first-order valence-corrected chi connectivity index (χ1v) is 13.2. The predicted octanol–water partition coefficient (Wildman–Crippen LogP) is 4.91. The van der Waals surface area contributed by atoms with Gasteiger partial charge in [0.15, 0.2) is 10.9 Å². The molecule has 3 aromatic carbocycles. The molecule has 37 heavy (non-hydrogen) atoms. The predicted molar refractivity (Wildman–Crippen MR) is 146 cm³/mol. The van der Waals surface area contributed by atoms with Crippen molar-refractivity contribution in [1.82, 2.24) is 9.88 Å². The molecule has 0 spiro atoms. The number of carbonyl (C=O) groups excluding carboxylic acids is 2. The maximum atomic E-state index is 13.7. The molecule has 4 aromatic rings. The smallest absolute Gasteiger partial charge is 0.260 e. The van der Waals surface area contributed by atoms with Crippen LogP contribution >= 0.6 is 11.3 Å². The third-order valence-electron chi connectivity index (χ3n) is 6.45. The fourth-order valence-electron chi connectivity index (χ4n) is 4.37. The summed E-state index contributed by atoms with van der Waals surface area (Å²) in [6.45, 7) is 4.73. The summed E-state index contributed by atoms with van der Waals surface area (Å²) in [7, 11) is 1.63. The lowest BCUT2D eigenvalue weighted by atomic mass is 10.0. The molecule has 1 aliphatic heterocycles. The van der Waals surface area contributed by atoms with Crippen molar-refractivity contribution >= 4 is 38.4 Å². The Balaban J connectivity index is 1.38. The molecular weight excluding hydrogens is 486 g/mol. The number of ether oxygens (including phenoxy) is 2. The van der Waals surface area contributed by atoms with Crippen LogP contribution in [0.25, 0.3) is 10.2 Å². The van der Waals surface area contributed by atoms with Crippen molar-refractivity contribution in [2.45, 2.75) is 6.42 Å². The molecule has 5 rings (SSSR count). The van der Waals surface area contributed by atoms with Crippen molar-refractivity contribution in [3.05, 3.63) is 89.5 Å². The van der Waals surface area contributed by atoms with Crippen molar-refractivity contribution in [3.8, 4) is 5.75 Å². The quantitative estimate of drug-likeness (QED) is 0.295. The number of hydrogen-bond donors (Lipinski definition) is 0. The van der Waals surface area contributed by atoms with Gasteiger partial charge in [-0.2, -0.15) is 0 Å². The monoisotopic (exact) mass is 515 g/mol. The van der Waals surface area contributed by atoms with E-state index in [-0.39, 0.29) is 11.7 Å². The number of carbonyl (C=O) groups is 2. The molecule has 7 nitrogen and oxygen atoms in total. The SMILES string of the molecule is COc1ccc2sc(N(CCCN3CCOCC3)C(=O)c3ccc(C(=O)c4ccccc4)cc3)nc2c1. The van der Waals surface area contributed by atoms with Crippen molar-refractivity contribution in [2.24, 2.45) is 0 Å². The van der Waals surface area contributed by atoms with Crippen LogP contribution in [-0.4, -0.2) is 68.1 Å². The summed E-state index contributed by atoms with van der Waals surface area (Å²) in [4.78, 5) is 35.4. The third kappa shape index (κ3) is 5.88. The van der Waals surface area contributed by atoms with E-state index >= 15 is 0 Å². The topological polar surface area (TPSA) is 72.0 Å². The van der Waals surface area contributed by atoms with E-state index in [0.29, 0.717) is 28.4 Å². The summed E-state index contributed by atoms with van der Waals surface area (Å²) in [6.07, 6.45) is 0.815. The molecule has 1 aromatic heterocycles. The van der Waals surface area contributed by atoms with Crippen LogP contribution in [0.1, 0.15) is 32.7 Å². The van der Waals surface area contributed by atoms with E-state index in [1.807, 2.05) is 36.4 Å². The Morgan fingerprint density at radius 3 is 2.41 bits per heavy atom. The maximum Gasteiger partial charge on any atom is 0.260 e. The summed E-state index contributed by atoms with van der Waals surface area (Å²) in [5.41, 5.74) is 2.49. The second kappa shape index (κ2) is 11.6. The van der Waals surface area contributed by atoms with Gasteiger partial charge in [-0.05, 0) is 30.7 Å². The highest BCUT2D eigenvalue weighted by atomic mass is 32.1. The first-order valence-electron chi connectivity index (χ1n) is 12.4. The van der Waals surface area contributed by atoms with Crippen molar-refractivity contribution < 1.29 is 19.1 Å². The average molecular weight is 516 g/mol. The molecule has 1 saturated heterocycles. The lowest BCUT2D eigenvalue weighted by molar-refractivity contribution is 0.0376. The van der Waals surface area contributed by atoms with E-state index in [1.54, 1.807) is 48.4 Å². The van der Waals surface area contributed by atoms with Crippen molar-refractivity contribution in [3.63, 3.8) is 0 Å². The second-order valence-electron chi connectivity index (χ2n) is 8.87. The number of benzene rings is 3. The molecule has 0 aliphatic carbocycles. The number of hydrogen-bond acceptors (Lipinski definition) is 7. The van der Waals surface area contributed by atoms with Crippen LogP contribution in [0.5, 0.6) is 5.75 Å². The second-order valence-corrected chi connectivity index (χ2v) is 9.88. The average Bonchev–Trinajstić information content (AvgIpc) is 3.38. The van der Waals surface area contributed by atoms with Gasteiger partial charge in [0.1, 0.15) is 5.75 Å². The number of methoxy groups -OCH3 is 1. The van der Waals surface area contributed by atoms with Gasteiger partial charge in [-0.3, -0.25) is 19.4 Å². The molecule has 0 unspecified atom stereocenters. The molecule has 0 radical (unpaired) electrons. The molecule has 1 aliphatic rings. The van der Waals surface area contributed by atoms with Gasteiger partial charge in [0.25, 0.3) is 5.91 Å². The largest absolute Gasteiger partial charge is 0.497 e. The molecule has 0 N–H and O–H groups in total. The highest BCUT2D eigenvalue weighted by Gasteiger charge is 2.22. The molecule has 0 atom stereocenters. The summed E-state index contributed by atoms with van der Waals surface area (Å²) < 4.78 is 11.8. The number of nitrogens with zero attached hydrogens (tertiary/aromatic N) is 3. The van der Waals surface area contributed by atoms with Crippen molar-refractivity contribution in [1.29, 1.82) is 0 Å². The number of thiazole rings is 1.